The molecular formula is C20H21N7O5. The highest BCUT2D eigenvalue weighted by Gasteiger charge is 2.46. The fourth-order valence-corrected chi connectivity index (χ4v) is 4.31. The summed E-state index contributed by atoms with van der Waals surface area (Å²) in [7, 11) is 0. The lowest BCUT2D eigenvalue weighted by Gasteiger charge is -2.33. The molecule has 0 spiro atoms. The van der Waals surface area contributed by atoms with Gasteiger partial charge < -0.3 is 25.5 Å². The molecule has 2 saturated heterocycles. The molecule has 1 saturated carbocycles. The van der Waals surface area contributed by atoms with Gasteiger partial charge in [-0.3, -0.25) is 14.9 Å². The summed E-state index contributed by atoms with van der Waals surface area (Å²) in [6, 6.07) is 6.09. The van der Waals surface area contributed by atoms with Gasteiger partial charge >= 0.3 is 11.8 Å². The van der Waals surface area contributed by atoms with Crippen molar-refractivity contribution in [3.05, 3.63) is 40.6 Å². The predicted molar refractivity (Wildman–Crippen MR) is 114 cm³/mol. The number of nitrogens with one attached hydrogen (secondary N) is 2. The monoisotopic (exact) mass is 439 g/mol. The summed E-state index contributed by atoms with van der Waals surface area (Å²) in [5.41, 5.74) is 0.310. The summed E-state index contributed by atoms with van der Waals surface area (Å²) < 4.78 is 0. The van der Waals surface area contributed by atoms with Gasteiger partial charge in [-0.25, -0.2) is 14.8 Å². The molecule has 32 heavy (non-hydrogen) atoms. The van der Waals surface area contributed by atoms with Crippen molar-refractivity contribution < 1.29 is 19.6 Å². The minimum absolute atomic E-state index is 0.0110. The third-order valence-corrected chi connectivity index (χ3v) is 6.06. The second-order valence-corrected chi connectivity index (χ2v) is 8.24. The molecule has 0 aromatic carbocycles. The third-order valence-electron chi connectivity index (χ3n) is 6.06. The SMILES string of the molecule is O=C(Nc1cc(Nc2nc(N3C[C@@H]4C[C@H]3CN4C(=O)O)ccc2[N+](=O)[O-])ccn1)C1CC1. The van der Waals surface area contributed by atoms with Gasteiger partial charge in [0.15, 0.2) is 0 Å². The molecule has 0 radical (unpaired) electrons. The molecule has 2 amide bonds. The molecule has 12 nitrogen and oxygen atoms in total. The van der Waals surface area contributed by atoms with Crippen LogP contribution in [0.25, 0.3) is 0 Å². The summed E-state index contributed by atoms with van der Waals surface area (Å²) in [5, 5.41) is 26.6. The molecule has 3 N–H and O–H groups in total. The number of hydrogen-bond donors (Lipinski definition) is 3. The van der Waals surface area contributed by atoms with E-state index in [4.69, 9.17) is 0 Å². The molecule has 3 fully saturated rings. The molecule has 2 aromatic rings. The van der Waals surface area contributed by atoms with Gasteiger partial charge in [-0.2, -0.15) is 0 Å². The van der Waals surface area contributed by atoms with Crippen LogP contribution in [0.1, 0.15) is 19.3 Å². The van der Waals surface area contributed by atoms with Crippen LogP contribution < -0.4 is 15.5 Å². The first kappa shape index (κ1) is 20.0. The molecule has 2 aromatic heterocycles. The van der Waals surface area contributed by atoms with Crippen molar-refractivity contribution in [1.29, 1.82) is 0 Å². The number of nitro groups is 1. The second kappa shape index (κ2) is 7.62. The van der Waals surface area contributed by atoms with E-state index < -0.39 is 11.0 Å². The Hall–Kier alpha value is -3.96. The normalized spacial score (nSPS) is 21.5. The van der Waals surface area contributed by atoms with Crippen LogP contribution in [-0.4, -0.2) is 62.1 Å². The zero-order chi connectivity index (χ0) is 22.4. The van der Waals surface area contributed by atoms with Crippen LogP contribution in [0.2, 0.25) is 0 Å². The number of carbonyl (C=O) groups excluding carboxylic acids is 1. The van der Waals surface area contributed by atoms with Crippen molar-refractivity contribution in [2.45, 2.75) is 31.3 Å². The van der Waals surface area contributed by atoms with Crippen LogP contribution in [0.15, 0.2) is 30.5 Å². The Bertz CT molecular complexity index is 1110. The fourth-order valence-electron chi connectivity index (χ4n) is 4.31. The van der Waals surface area contributed by atoms with Crippen LogP contribution in [-0.2, 0) is 4.79 Å². The van der Waals surface area contributed by atoms with E-state index >= 15 is 0 Å². The average Bonchev–Trinajstić information content (AvgIpc) is 3.42. The van der Waals surface area contributed by atoms with Gasteiger partial charge in [-0.05, 0) is 31.4 Å². The third kappa shape index (κ3) is 3.74. The van der Waals surface area contributed by atoms with E-state index in [2.05, 4.69) is 20.6 Å². The van der Waals surface area contributed by atoms with Crippen molar-refractivity contribution in [1.82, 2.24) is 14.9 Å². The highest BCUT2D eigenvalue weighted by Crippen LogP contribution is 2.36. The Labute approximate surface area is 182 Å². The number of likely N-dealkylation sites (tertiary alicyclic amines) is 1. The lowest BCUT2D eigenvalue weighted by molar-refractivity contribution is -0.384. The van der Waals surface area contributed by atoms with E-state index in [1.54, 1.807) is 18.2 Å². The number of fused-ring (bicyclic) bond motifs is 2. The number of hydrogen-bond acceptors (Lipinski definition) is 8. The standard InChI is InChI=1S/C20H21N7O5/c28-19(11-1-2-11)23-16-7-12(5-6-21-16)22-18-15(27(31)32)3-4-17(24-18)25-9-14-8-13(25)10-26(14)20(29)30/h3-7,11,13-14H,1-2,8-10H2,(H,29,30)(H2,21,22,23,24,28)/t13-,14-/m0/s1. The summed E-state index contributed by atoms with van der Waals surface area (Å²) in [4.78, 5) is 46.4. The molecule has 3 aliphatic rings. The maximum Gasteiger partial charge on any atom is 0.407 e. The lowest BCUT2D eigenvalue weighted by atomic mass is 10.2. The molecule has 1 aliphatic carbocycles. The van der Waals surface area contributed by atoms with Gasteiger partial charge in [-0.15, -0.1) is 0 Å². The molecule has 12 heteroatoms. The Morgan fingerprint density at radius 3 is 2.66 bits per heavy atom. The maximum absolute atomic E-state index is 12.0. The fraction of sp³-hybridized carbons (Fsp3) is 0.400. The number of piperazine rings is 1. The summed E-state index contributed by atoms with van der Waals surface area (Å²) >= 11 is 0. The summed E-state index contributed by atoms with van der Waals surface area (Å²) in [5.74, 6) is 0.917. The van der Waals surface area contributed by atoms with Crippen LogP contribution in [0.4, 0.5) is 33.6 Å². The highest BCUT2D eigenvalue weighted by molar-refractivity contribution is 5.93. The number of amides is 2. The van der Waals surface area contributed by atoms with E-state index in [0.29, 0.717) is 36.8 Å². The quantitative estimate of drug-likeness (QED) is 0.455. The number of carbonyl (C=O) groups is 2. The molecule has 2 aliphatic heterocycles. The van der Waals surface area contributed by atoms with Crippen LogP contribution in [0.5, 0.6) is 0 Å². The first-order valence-corrected chi connectivity index (χ1v) is 10.3. The van der Waals surface area contributed by atoms with Gasteiger partial charge in [0.25, 0.3) is 0 Å². The number of anilines is 4. The maximum atomic E-state index is 12.0. The molecule has 166 valence electrons. The summed E-state index contributed by atoms with van der Waals surface area (Å²) in [6.45, 7) is 0.879. The molecule has 0 unspecified atom stereocenters. The van der Waals surface area contributed by atoms with Crippen molar-refractivity contribution in [2.24, 2.45) is 5.92 Å². The van der Waals surface area contributed by atoms with Crippen LogP contribution >= 0.6 is 0 Å². The lowest BCUT2D eigenvalue weighted by Crippen LogP contribution is -2.48. The van der Waals surface area contributed by atoms with E-state index in [0.717, 1.165) is 12.8 Å². The van der Waals surface area contributed by atoms with E-state index in [9.17, 15) is 24.8 Å². The smallest absolute Gasteiger partial charge is 0.407 e. The zero-order valence-electron chi connectivity index (χ0n) is 17.0. The highest BCUT2D eigenvalue weighted by atomic mass is 16.6. The van der Waals surface area contributed by atoms with Crippen molar-refractivity contribution in [2.75, 3.05) is 28.6 Å². The van der Waals surface area contributed by atoms with Crippen LogP contribution in [0, 0.1) is 16.0 Å². The molecule has 2 atom stereocenters. The van der Waals surface area contributed by atoms with Crippen molar-refractivity contribution >= 4 is 40.8 Å². The van der Waals surface area contributed by atoms with Gasteiger partial charge in [0.2, 0.25) is 11.7 Å². The Morgan fingerprint density at radius 2 is 2.00 bits per heavy atom. The van der Waals surface area contributed by atoms with Crippen LogP contribution in [0.3, 0.4) is 0 Å². The largest absolute Gasteiger partial charge is 0.465 e. The van der Waals surface area contributed by atoms with Gasteiger partial charge in [0.1, 0.15) is 11.6 Å². The van der Waals surface area contributed by atoms with Gasteiger partial charge in [-0.1, -0.05) is 0 Å². The molecule has 5 rings (SSSR count). The topological polar surface area (TPSA) is 154 Å². The number of rotatable bonds is 6. The molecule has 2 bridgehead atoms. The van der Waals surface area contributed by atoms with Crippen molar-refractivity contribution in [3.8, 4) is 0 Å². The Morgan fingerprint density at radius 1 is 1.19 bits per heavy atom. The minimum Gasteiger partial charge on any atom is -0.465 e. The van der Waals surface area contributed by atoms with Crippen molar-refractivity contribution in [3.63, 3.8) is 0 Å². The molecular weight excluding hydrogens is 418 g/mol. The van der Waals surface area contributed by atoms with Gasteiger partial charge in [0.05, 0.1) is 17.0 Å². The van der Waals surface area contributed by atoms with E-state index in [1.807, 2.05) is 4.90 Å². The Kier molecular flexibility index (Phi) is 4.76. The average molecular weight is 439 g/mol. The van der Waals surface area contributed by atoms with E-state index in [1.165, 1.54) is 17.2 Å². The first-order valence-electron chi connectivity index (χ1n) is 10.3. The van der Waals surface area contributed by atoms with E-state index in [-0.39, 0.29) is 35.4 Å². The predicted octanol–water partition coefficient (Wildman–Crippen LogP) is 2.42. The molecule has 4 heterocycles. The zero-order valence-corrected chi connectivity index (χ0v) is 17.0. The number of carboxylic acid groups (broad SMARTS) is 1. The first-order chi connectivity index (χ1) is 15.4. The summed E-state index contributed by atoms with van der Waals surface area (Å²) in [6.07, 6.45) is 3.02. The Balaban J connectivity index is 1.37. The number of aromatic nitrogens is 2. The number of pyridine rings is 2. The van der Waals surface area contributed by atoms with Gasteiger partial charge in [0, 0.05) is 43.0 Å². The second-order valence-electron chi connectivity index (χ2n) is 8.24. The minimum atomic E-state index is -0.932. The number of nitrogens with zero attached hydrogens (tertiary/aromatic N) is 5.